The lowest BCUT2D eigenvalue weighted by Crippen LogP contribution is -2.13. The van der Waals surface area contributed by atoms with Crippen molar-refractivity contribution in [2.24, 2.45) is 5.73 Å². The van der Waals surface area contributed by atoms with Crippen LogP contribution in [0.1, 0.15) is 10.5 Å². The summed E-state index contributed by atoms with van der Waals surface area (Å²) in [6.07, 6.45) is 1.31. The molecule has 10 heteroatoms. The van der Waals surface area contributed by atoms with Crippen LogP contribution in [-0.4, -0.2) is 30.6 Å². The normalized spacial score (nSPS) is 10.2. The molecular weight excluding hydrogens is 215 g/mol. The third-order valence-corrected chi connectivity index (χ3v) is 0.902. The van der Waals surface area contributed by atoms with Gasteiger partial charge in [0.05, 0.1) is 6.33 Å². The lowest BCUT2D eigenvalue weighted by Gasteiger charge is -1.86. The van der Waals surface area contributed by atoms with Gasteiger partial charge in [0.15, 0.2) is 5.69 Å². The molecule has 1 rings (SSSR count). The number of nitrogens with two attached hydrogens (primary N) is 2. The quantitative estimate of drug-likeness (QED) is 0.303. The van der Waals surface area contributed by atoms with Gasteiger partial charge in [0, 0.05) is 0 Å². The average molecular weight is 224 g/mol. The summed E-state index contributed by atoms with van der Waals surface area (Å²) >= 11 is 0. The SMILES string of the molecule is NC(=O)c1nc[nH]c1N.O=P(O)(O)O. The number of nitrogen functional groups attached to an aromatic ring is 1. The number of rotatable bonds is 1. The molecule has 0 aliphatic rings. The predicted octanol–water partition coefficient (Wildman–Crippen LogP) is -1.84. The molecule has 1 heterocycles. The maximum atomic E-state index is 10.3. The van der Waals surface area contributed by atoms with E-state index in [1.807, 2.05) is 0 Å². The van der Waals surface area contributed by atoms with E-state index >= 15 is 0 Å². The molecule has 0 saturated carbocycles. The largest absolute Gasteiger partial charge is 0.466 e. The number of imidazole rings is 1. The van der Waals surface area contributed by atoms with Gasteiger partial charge in [-0.1, -0.05) is 0 Å². The van der Waals surface area contributed by atoms with Gasteiger partial charge in [0.2, 0.25) is 0 Å². The molecule has 1 aromatic heterocycles. The number of hydrogen-bond donors (Lipinski definition) is 6. The van der Waals surface area contributed by atoms with E-state index in [9.17, 15) is 4.79 Å². The van der Waals surface area contributed by atoms with Gasteiger partial charge in [0.1, 0.15) is 5.82 Å². The molecule has 0 saturated heterocycles. The number of phosphoric acid groups is 1. The Hall–Kier alpha value is -1.41. The van der Waals surface area contributed by atoms with Crippen LogP contribution in [0.5, 0.6) is 0 Å². The maximum Gasteiger partial charge on any atom is 0.466 e. The second kappa shape index (κ2) is 4.72. The number of nitrogens with zero attached hydrogens (tertiary/aromatic N) is 1. The fourth-order valence-corrected chi connectivity index (χ4v) is 0.501. The Balaban J connectivity index is 0.000000292. The van der Waals surface area contributed by atoms with Gasteiger partial charge >= 0.3 is 7.82 Å². The topological polar surface area (TPSA) is 176 Å². The van der Waals surface area contributed by atoms with E-state index in [1.165, 1.54) is 6.33 Å². The van der Waals surface area contributed by atoms with Gasteiger partial charge in [-0.2, -0.15) is 0 Å². The predicted molar refractivity (Wildman–Crippen MR) is 45.8 cm³/mol. The number of carbonyl (C=O) groups is 1. The van der Waals surface area contributed by atoms with E-state index in [2.05, 4.69) is 9.97 Å². The maximum absolute atomic E-state index is 10.3. The molecule has 8 N–H and O–H groups in total. The second-order valence-corrected chi connectivity index (χ2v) is 3.07. The summed E-state index contributed by atoms with van der Waals surface area (Å²) in [5, 5.41) is 0. The summed E-state index contributed by atoms with van der Waals surface area (Å²) in [7, 11) is -4.64. The van der Waals surface area contributed by atoms with Crippen LogP contribution in [0.3, 0.4) is 0 Å². The van der Waals surface area contributed by atoms with Gasteiger partial charge < -0.3 is 31.1 Å². The van der Waals surface area contributed by atoms with Crippen LogP contribution in [0.25, 0.3) is 0 Å². The van der Waals surface area contributed by atoms with Crippen molar-refractivity contribution in [3.05, 3.63) is 12.0 Å². The van der Waals surface area contributed by atoms with E-state index < -0.39 is 13.7 Å². The molecule has 1 amide bonds. The number of anilines is 1. The number of aromatic amines is 1. The average Bonchev–Trinajstić information content (AvgIpc) is 2.30. The van der Waals surface area contributed by atoms with Crippen LogP contribution in [0.15, 0.2) is 6.33 Å². The first-order chi connectivity index (χ1) is 6.22. The standard InChI is InChI=1S/C4H6N4O.H3O4P/c5-3-2(4(6)9)7-1-8-3;1-5(2,3)4/h1H,5H2,(H2,6,9)(H,7,8);(H3,1,2,3,4). The molecule has 0 fully saturated rings. The summed E-state index contributed by atoms with van der Waals surface area (Å²) in [5.41, 5.74) is 10.2. The Morgan fingerprint density at radius 2 is 1.93 bits per heavy atom. The lowest BCUT2D eigenvalue weighted by molar-refractivity contribution is 0.0997. The molecule has 0 aromatic carbocycles. The van der Waals surface area contributed by atoms with Crippen molar-refractivity contribution in [3.8, 4) is 0 Å². The number of nitrogens with one attached hydrogen (secondary N) is 1. The van der Waals surface area contributed by atoms with Crippen molar-refractivity contribution in [1.82, 2.24) is 9.97 Å². The summed E-state index contributed by atoms with van der Waals surface area (Å²) in [4.78, 5) is 38.0. The van der Waals surface area contributed by atoms with E-state index in [-0.39, 0.29) is 11.5 Å². The highest BCUT2D eigenvalue weighted by atomic mass is 31.2. The molecule has 0 aliphatic heterocycles. The van der Waals surface area contributed by atoms with Crippen LogP contribution in [0.4, 0.5) is 5.82 Å². The molecule has 14 heavy (non-hydrogen) atoms. The molecule has 0 aliphatic carbocycles. The van der Waals surface area contributed by atoms with E-state index in [1.54, 1.807) is 0 Å². The van der Waals surface area contributed by atoms with Gasteiger partial charge in [-0.25, -0.2) is 9.55 Å². The Kier molecular flexibility index (Phi) is 4.25. The van der Waals surface area contributed by atoms with Gasteiger partial charge in [-0.3, -0.25) is 4.79 Å². The van der Waals surface area contributed by atoms with Crippen LogP contribution >= 0.6 is 7.82 Å². The smallest absolute Gasteiger partial charge is 0.383 e. The Morgan fingerprint density at radius 1 is 1.50 bits per heavy atom. The molecule has 0 atom stereocenters. The first kappa shape index (κ1) is 12.6. The first-order valence-corrected chi connectivity index (χ1v) is 4.65. The number of amides is 1. The minimum atomic E-state index is -4.64. The summed E-state index contributed by atoms with van der Waals surface area (Å²) in [5.74, 6) is -0.406. The number of primary amides is 1. The molecular formula is C4H9N4O5P. The highest BCUT2D eigenvalue weighted by molar-refractivity contribution is 7.45. The van der Waals surface area contributed by atoms with Crippen molar-refractivity contribution in [3.63, 3.8) is 0 Å². The highest BCUT2D eigenvalue weighted by Gasteiger charge is 2.05. The van der Waals surface area contributed by atoms with Crippen molar-refractivity contribution in [2.75, 3.05) is 5.73 Å². The summed E-state index contributed by atoms with van der Waals surface area (Å²) in [6, 6.07) is 0. The minimum Gasteiger partial charge on any atom is -0.383 e. The third kappa shape index (κ3) is 6.14. The number of aromatic nitrogens is 2. The molecule has 0 spiro atoms. The first-order valence-electron chi connectivity index (χ1n) is 3.08. The number of hydrogen-bond acceptors (Lipinski definition) is 4. The Morgan fingerprint density at radius 3 is 2.07 bits per heavy atom. The van der Waals surface area contributed by atoms with E-state index in [0.717, 1.165) is 0 Å². The third-order valence-electron chi connectivity index (χ3n) is 0.902. The summed E-state index contributed by atoms with van der Waals surface area (Å²) < 4.78 is 8.88. The van der Waals surface area contributed by atoms with E-state index in [0.29, 0.717) is 0 Å². The number of carbonyl (C=O) groups excluding carboxylic acids is 1. The van der Waals surface area contributed by atoms with Crippen molar-refractivity contribution in [1.29, 1.82) is 0 Å². The number of H-pyrrole nitrogens is 1. The molecule has 1 aromatic rings. The molecule has 9 nitrogen and oxygen atoms in total. The lowest BCUT2D eigenvalue weighted by atomic mass is 10.4. The molecule has 80 valence electrons. The van der Waals surface area contributed by atoms with Crippen LogP contribution < -0.4 is 11.5 Å². The highest BCUT2D eigenvalue weighted by Crippen LogP contribution is 2.25. The van der Waals surface area contributed by atoms with Gasteiger partial charge in [-0.05, 0) is 0 Å². The van der Waals surface area contributed by atoms with Crippen LogP contribution in [0, 0.1) is 0 Å². The zero-order chi connectivity index (χ0) is 11.4. The van der Waals surface area contributed by atoms with Crippen molar-refractivity contribution in [2.45, 2.75) is 0 Å². The Labute approximate surface area is 78.0 Å². The summed E-state index contributed by atoms with van der Waals surface area (Å²) in [6.45, 7) is 0. The van der Waals surface area contributed by atoms with Gasteiger partial charge in [-0.15, -0.1) is 0 Å². The zero-order valence-corrected chi connectivity index (χ0v) is 7.68. The fraction of sp³-hybridized carbons (Fsp3) is 0. The Bertz CT molecular complexity index is 348. The van der Waals surface area contributed by atoms with Crippen molar-refractivity contribution < 1.29 is 24.0 Å². The molecule has 0 unspecified atom stereocenters. The van der Waals surface area contributed by atoms with Crippen LogP contribution in [-0.2, 0) is 4.57 Å². The van der Waals surface area contributed by atoms with Crippen LogP contribution in [0.2, 0.25) is 0 Å². The van der Waals surface area contributed by atoms with Gasteiger partial charge in [0.25, 0.3) is 5.91 Å². The second-order valence-electron chi connectivity index (χ2n) is 2.04. The molecule has 0 bridgehead atoms. The van der Waals surface area contributed by atoms with E-state index in [4.69, 9.17) is 30.7 Å². The minimum absolute atomic E-state index is 0.0926. The zero-order valence-electron chi connectivity index (χ0n) is 6.78. The fourth-order valence-electron chi connectivity index (χ4n) is 0.501. The van der Waals surface area contributed by atoms with Crippen molar-refractivity contribution >= 4 is 19.5 Å². The molecule has 0 radical (unpaired) electrons. The monoisotopic (exact) mass is 224 g/mol.